The van der Waals surface area contributed by atoms with Crippen LogP contribution in [0.4, 0.5) is 5.69 Å². The fourth-order valence-electron chi connectivity index (χ4n) is 6.00. The van der Waals surface area contributed by atoms with E-state index >= 15 is 0 Å². The SMILES string of the molecule is Cc1ccc(N2CC3CCC(C2)N3)cc1C(=O)NC1(c2cc(-c3nccs3)cc3ncccc23)CC1. The third-order valence-electron chi connectivity index (χ3n) is 8.07. The number of thiazole rings is 1. The van der Waals surface area contributed by atoms with Crippen LogP contribution in [0, 0.1) is 6.92 Å². The van der Waals surface area contributed by atoms with Crippen LogP contribution < -0.4 is 15.5 Å². The van der Waals surface area contributed by atoms with Crippen molar-refractivity contribution in [1.29, 1.82) is 0 Å². The van der Waals surface area contributed by atoms with Crippen LogP contribution in [0.15, 0.2) is 60.2 Å². The Hall–Kier alpha value is -3.29. The Labute approximate surface area is 214 Å². The van der Waals surface area contributed by atoms with Gasteiger partial charge >= 0.3 is 0 Å². The molecule has 2 unspecified atom stereocenters. The molecule has 2 aromatic heterocycles. The highest BCUT2D eigenvalue weighted by Gasteiger charge is 2.47. The number of aromatic nitrogens is 2. The Kier molecular flexibility index (Phi) is 5.11. The van der Waals surface area contributed by atoms with Gasteiger partial charge in [0.25, 0.3) is 5.91 Å². The molecule has 2 aromatic carbocycles. The van der Waals surface area contributed by atoms with Crippen molar-refractivity contribution in [2.24, 2.45) is 0 Å². The molecule has 2 bridgehead atoms. The maximum atomic E-state index is 13.8. The quantitative estimate of drug-likeness (QED) is 0.407. The molecule has 1 aliphatic carbocycles. The second kappa shape index (κ2) is 8.39. The van der Waals surface area contributed by atoms with Gasteiger partial charge < -0.3 is 15.5 Å². The number of aryl methyl sites for hydroxylation is 1. The van der Waals surface area contributed by atoms with Crippen LogP contribution in [-0.4, -0.2) is 41.0 Å². The maximum absolute atomic E-state index is 13.8. The van der Waals surface area contributed by atoms with E-state index in [0.29, 0.717) is 12.1 Å². The summed E-state index contributed by atoms with van der Waals surface area (Å²) in [5.41, 5.74) is 5.68. The van der Waals surface area contributed by atoms with Gasteiger partial charge in [-0.1, -0.05) is 12.1 Å². The van der Waals surface area contributed by atoms with Crippen LogP contribution >= 0.6 is 11.3 Å². The van der Waals surface area contributed by atoms with Crippen molar-refractivity contribution in [2.75, 3.05) is 18.0 Å². The zero-order valence-corrected chi connectivity index (χ0v) is 21.1. The first-order valence-corrected chi connectivity index (χ1v) is 13.7. The Morgan fingerprint density at radius 3 is 2.67 bits per heavy atom. The Morgan fingerprint density at radius 1 is 1.08 bits per heavy atom. The number of nitrogens with one attached hydrogen (secondary N) is 2. The standard InChI is InChI=1S/C29H29N5OS/c1-18-4-7-22(34-16-20-5-6-21(17-34)32-20)15-24(18)27(35)33-29(8-9-29)25-13-19(28-31-11-12-36-28)14-26-23(25)3-2-10-30-26/h2-4,7,10-15,20-21,32H,5-6,8-9,16-17H2,1H3,(H,33,35). The fraction of sp³-hybridized carbons (Fsp3) is 0.345. The van der Waals surface area contributed by atoms with Crippen LogP contribution in [0.3, 0.4) is 0 Å². The molecule has 4 heterocycles. The lowest BCUT2D eigenvalue weighted by atomic mass is 9.95. The number of amides is 1. The van der Waals surface area contributed by atoms with Gasteiger partial charge in [-0.3, -0.25) is 9.78 Å². The molecule has 36 heavy (non-hydrogen) atoms. The van der Waals surface area contributed by atoms with Crippen LogP contribution in [0.5, 0.6) is 0 Å². The van der Waals surface area contributed by atoms with Crippen LogP contribution in [0.2, 0.25) is 0 Å². The van der Waals surface area contributed by atoms with E-state index in [4.69, 9.17) is 0 Å². The Bertz CT molecular complexity index is 1450. The molecule has 0 spiro atoms. The van der Waals surface area contributed by atoms with Crippen LogP contribution in [-0.2, 0) is 5.54 Å². The van der Waals surface area contributed by atoms with E-state index in [1.807, 2.05) is 30.8 Å². The van der Waals surface area contributed by atoms with Crippen molar-refractivity contribution in [3.05, 3.63) is 76.9 Å². The first-order chi connectivity index (χ1) is 17.6. The van der Waals surface area contributed by atoms with Gasteiger partial charge in [0.1, 0.15) is 5.01 Å². The zero-order valence-electron chi connectivity index (χ0n) is 20.3. The van der Waals surface area contributed by atoms with Gasteiger partial charge in [0.2, 0.25) is 0 Å². The second-order valence-corrected chi connectivity index (χ2v) is 11.4. The molecule has 3 fully saturated rings. The molecular weight excluding hydrogens is 466 g/mol. The molecule has 1 amide bonds. The predicted octanol–water partition coefficient (Wildman–Crippen LogP) is 5.03. The molecule has 7 heteroatoms. The number of benzene rings is 2. The van der Waals surface area contributed by atoms with Crippen molar-refractivity contribution in [1.82, 2.24) is 20.6 Å². The third kappa shape index (κ3) is 3.78. The number of rotatable bonds is 5. The highest BCUT2D eigenvalue weighted by Crippen LogP contribution is 2.49. The van der Waals surface area contributed by atoms with Gasteiger partial charge in [-0.05, 0) is 74.1 Å². The van der Waals surface area contributed by atoms with Gasteiger partial charge in [0, 0.05) is 65.1 Å². The minimum absolute atomic E-state index is 0.00153. The van der Waals surface area contributed by atoms with E-state index in [1.54, 1.807) is 11.3 Å². The van der Waals surface area contributed by atoms with Gasteiger partial charge in [-0.25, -0.2) is 4.98 Å². The maximum Gasteiger partial charge on any atom is 0.252 e. The average Bonchev–Trinajstić information content (AvgIpc) is 3.30. The highest BCUT2D eigenvalue weighted by atomic mass is 32.1. The van der Waals surface area contributed by atoms with Gasteiger partial charge in [0.15, 0.2) is 0 Å². The zero-order chi connectivity index (χ0) is 24.3. The average molecular weight is 496 g/mol. The van der Waals surface area contributed by atoms with Crippen molar-refractivity contribution < 1.29 is 4.79 Å². The number of fused-ring (bicyclic) bond motifs is 3. The number of carbonyl (C=O) groups is 1. The smallest absolute Gasteiger partial charge is 0.252 e. The number of carbonyl (C=O) groups excluding carboxylic acids is 1. The summed E-state index contributed by atoms with van der Waals surface area (Å²) in [7, 11) is 0. The molecule has 4 aromatic rings. The van der Waals surface area contributed by atoms with Gasteiger partial charge in [-0.2, -0.15) is 0 Å². The first kappa shape index (κ1) is 21.9. The van der Waals surface area contributed by atoms with E-state index in [1.165, 1.54) is 12.8 Å². The molecule has 3 aliphatic rings. The second-order valence-electron chi connectivity index (χ2n) is 10.5. The van der Waals surface area contributed by atoms with Gasteiger partial charge in [0.05, 0.1) is 11.1 Å². The van der Waals surface area contributed by atoms with E-state index in [9.17, 15) is 4.79 Å². The molecule has 2 atom stereocenters. The Morgan fingerprint density at radius 2 is 1.92 bits per heavy atom. The normalized spacial score (nSPS) is 22.1. The van der Waals surface area contributed by atoms with Crippen LogP contribution in [0.1, 0.15) is 47.2 Å². The topological polar surface area (TPSA) is 70.2 Å². The monoisotopic (exact) mass is 495 g/mol. The summed E-state index contributed by atoms with van der Waals surface area (Å²) in [6.07, 6.45) is 7.98. The van der Waals surface area contributed by atoms with Crippen molar-refractivity contribution in [2.45, 2.75) is 50.2 Å². The minimum atomic E-state index is -0.373. The highest BCUT2D eigenvalue weighted by molar-refractivity contribution is 7.13. The summed E-state index contributed by atoms with van der Waals surface area (Å²) in [5, 5.41) is 11.2. The van der Waals surface area contributed by atoms with Crippen molar-refractivity contribution >= 4 is 33.8 Å². The van der Waals surface area contributed by atoms with E-state index in [0.717, 1.165) is 69.8 Å². The van der Waals surface area contributed by atoms with E-state index < -0.39 is 0 Å². The summed E-state index contributed by atoms with van der Waals surface area (Å²) in [4.78, 5) is 25.4. The number of hydrogen-bond donors (Lipinski definition) is 2. The number of piperazine rings is 1. The van der Waals surface area contributed by atoms with E-state index in [-0.39, 0.29) is 11.4 Å². The molecule has 2 saturated heterocycles. The molecule has 1 saturated carbocycles. The predicted molar refractivity (Wildman–Crippen MR) is 145 cm³/mol. The molecular formula is C29H29N5OS. The molecule has 0 radical (unpaired) electrons. The summed E-state index contributed by atoms with van der Waals surface area (Å²) in [6, 6.07) is 15.9. The van der Waals surface area contributed by atoms with Crippen molar-refractivity contribution in [3.63, 3.8) is 0 Å². The summed E-state index contributed by atoms with van der Waals surface area (Å²) in [6.45, 7) is 4.04. The lowest BCUT2D eigenvalue weighted by molar-refractivity contribution is 0.0930. The first-order valence-electron chi connectivity index (χ1n) is 12.8. The van der Waals surface area contributed by atoms with Crippen LogP contribution in [0.25, 0.3) is 21.5 Å². The van der Waals surface area contributed by atoms with Gasteiger partial charge in [-0.15, -0.1) is 11.3 Å². The third-order valence-corrected chi connectivity index (χ3v) is 8.89. The summed E-state index contributed by atoms with van der Waals surface area (Å²) in [5.74, 6) is 0.00153. The van der Waals surface area contributed by atoms with E-state index in [2.05, 4.69) is 61.9 Å². The molecule has 2 aliphatic heterocycles. The molecule has 2 N–H and O–H groups in total. The lowest BCUT2D eigenvalue weighted by Crippen LogP contribution is -2.51. The fourth-order valence-corrected chi connectivity index (χ4v) is 6.62. The number of pyridine rings is 1. The largest absolute Gasteiger partial charge is 0.368 e. The lowest BCUT2D eigenvalue weighted by Gasteiger charge is -2.35. The number of hydrogen-bond acceptors (Lipinski definition) is 6. The summed E-state index contributed by atoms with van der Waals surface area (Å²) >= 11 is 1.62. The minimum Gasteiger partial charge on any atom is -0.368 e. The summed E-state index contributed by atoms with van der Waals surface area (Å²) < 4.78 is 0. The van der Waals surface area contributed by atoms with Crippen molar-refractivity contribution in [3.8, 4) is 10.6 Å². The molecule has 6 nitrogen and oxygen atoms in total. The Balaban J connectivity index is 1.22. The molecule has 7 rings (SSSR count). The number of nitrogens with zero attached hydrogens (tertiary/aromatic N) is 3. The molecule has 182 valence electrons. The number of anilines is 1.